The van der Waals surface area contributed by atoms with Crippen LogP contribution in [0.15, 0.2) is 29.9 Å². The van der Waals surface area contributed by atoms with Gasteiger partial charge in [0.2, 0.25) is 5.95 Å². The minimum Gasteiger partial charge on any atom is -0.394 e. The number of aromatic nitrogens is 4. The molecule has 22 heavy (non-hydrogen) atoms. The zero-order chi connectivity index (χ0) is 14.9. The van der Waals surface area contributed by atoms with Crippen molar-refractivity contribution in [3.05, 3.63) is 29.9 Å². The van der Waals surface area contributed by atoms with E-state index in [0.717, 1.165) is 35.9 Å². The molecule has 0 bridgehead atoms. The van der Waals surface area contributed by atoms with Crippen LogP contribution in [0.1, 0.15) is 12.8 Å². The molecule has 1 unspecified atom stereocenters. The van der Waals surface area contributed by atoms with E-state index in [1.807, 2.05) is 28.2 Å². The molecule has 114 valence electrons. The zero-order valence-electron chi connectivity index (χ0n) is 11.9. The lowest BCUT2D eigenvalue weighted by Gasteiger charge is -2.23. The first-order chi connectivity index (χ1) is 10.8. The van der Waals surface area contributed by atoms with Gasteiger partial charge in [-0.25, -0.2) is 9.50 Å². The van der Waals surface area contributed by atoms with Gasteiger partial charge in [0.05, 0.1) is 12.6 Å². The molecule has 1 fully saturated rings. The van der Waals surface area contributed by atoms with Crippen molar-refractivity contribution in [2.45, 2.75) is 18.9 Å². The fourth-order valence-corrected chi connectivity index (χ4v) is 3.34. The van der Waals surface area contributed by atoms with Gasteiger partial charge in [0.1, 0.15) is 5.52 Å². The molecular weight excluding hydrogens is 300 g/mol. The Labute approximate surface area is 131 Å². The quantitative estimate of drug-likeness (QED) is 0.765. The van der Waals surface area contributed by atoms with Crippen LogP contribution in [0, 0.1) is 0 Å². The number of anilines is 3. The fourth-order valence-electron chi connectivity index (χ4n) is 2.81. The van der Waals surface area contributed by atoms with E-state index in [1.165, 1.54) is 11.3 Å². The van der Waals surface area contributed by atoms with Crippen LogP contribution >= 0.6 is 11.3 Å². The molecule has 1 aliphatic heterocycles. The molecule has 1 aliphatic rings. The van der Waals surface area contributed by atoms with Crippen molar-refractivity contribution in [3.8, 4) is 0 Å². The maximum absolute atomic E-state index is 9.52. The van der Waals surface area contributed by atoms with Crippen molar-refractivity contribution in [2.75, 3.05) is 23.4 Å². The maximum Gasteiger partial charge on any atom is 0.245 e. The number of aliphatic hydroxyl groups excluding tert-OH is 1. The summed E-state index contributed by atoms with van der Waals surface area (Å²) < 4.78 is 1.81. The van der Waals surface area contributed by atoms with Crippen LogP contribution in [0.3, 0.4) is 0 Å². The normalized spacial score (nSPS) is 18.2. The Morgan fingerprint density at radius 1 is 1.45 bits per heavy atom. The summed E-state index contributed by atoms with van der Waals surface area (Å²) in [6.07, 6.45) is 5.68. The van der Waals surface area contributed by atoms with Crippen molar-refractivity contribution >= 4 is 33.8 Å². The van der Waals surface area contributed by atoms with Crippen molar-refractivity contribution in [1.82, 2.24) is 19.6 Å². The maximum atomic E-state index is 9.52. The van der Waals surface area contributed by atoms with E-state index in [1.54, 1.807) is 6.20 Å². The number of rotatable bonds is 4. The largest absolute Gasteiger partial charge is 0.394 e. The predicted molar refractivity (Wildman–Crippen MR) is 85.8 cm³/mol. The molecule has 2 N–H and O–H groups in total. The van der Waals surface area contributed by atoms with Gasteiger partial charge in [0.25, 0.3) is 0 Å². The summed E-state index contributed by atoms with van der Waals surface area (Å²) in [4.78, 5) is 11.0. The molecule has 7 nitrogen and oxygen atoms in total. The van der Waals surface area contributed by atoms with E-state index in [9.17, 15) is 5.11 Å². The molecule has 0 aromatic carbocycles. The molecule has 4 rings (SSSR count). The fraction of sp³-hybridized carbons (Fsp3) is 0.357. The Morgan fingerprint density at radius 2 is 2.41 bits per heavy atom. The minimum atomic E-state index is 0.0979. The summed E-state index contributed by atoms with van der Waals surface area (Å²) in [6.45, 7) is 0.997. The Hall–Kier alpha value is -2.19. The summed E-state index contributed by atoms with van der Waals surface area (Å²) in [5, 5.41) is 20.1. The van der Waals surface area contributed by atoms with Crippen molar-refractivity contribution in [2.24, 2.45) is 0 Å². The van der Waals surface area contributed by atoms with Crippen LogP contribution in [0.4, 0.5) is 16.9 Å². The average Bonchev–Trinajstić information content (AvgIpc) is 3.27. The lowest BCUT2D eigenvalue weighted by atomic mass is 10.2. The highest BCUT2D eigenvalue weighted by molar-refractivity contribution is 7.13. The number of fused-ring (bicyclic) bond motifs is 1. The molecule has 0 spiro atoms. The van der Waals surface area contributed by atoms with Gasteiger partial charge >= 0.3 is 0 Å². The number of aliphatic hydroxyl groups is 1. The van der Waals surface area contributed by atoms with E-state index < -0.39 is 0 Å². The van der Waals surface area contributed by atoms with Crippen molar-refractivity contribution in [1.29, 1.82) is 0 Å². The number of hydrogen-bond acceptors (Lipinski definition) is 7. The highest BCUT2D eigenvalue weighted by Gasteiger charge is 2.27. The second-order valence-corrected chi connectivity index (χ2v) is 6.13. The highest BCUT2D eigenvalue weighted by Crippen LogP contribution is 2.27. The Morgan fingerprint density at radius 3 is 3.23 bits per heavy atom. The second-order valence-electron chi connectivity index (χ2n) is 5.23. The third-order valence-corrected chi connectivity index (χ3v) is 4.57. The molecule has 0 aliphatic carbocycles. The first kappa shape index (κ1) is 13.5. The van der Waals surface area contributed by atoms with Crippen LogP contribution in [-0.2, 0) is 0 Å². The Kier molecular flexibility index (Phi) is 3.39. The van der Waals surface area contributed by atoms with Crippen LogP contribution < -0.4 is 10.2 Å². The zero-order valence-corrected chi connectivity index (χ0v) is 12.7. The number of thiazole rings is 1. The monoisotopic (exact) mass is 316 g/mol. The SMILES string of the molecule is OCC1CCCN1c1nc(Nc2nccs2)c2cccn2n1. The Bertz CT molecular complexity index is 771. The third-order valence-electron chi connectivity index (χ3n) is 3.88. The van der Waals surface area contributed by atoms with Gasteiger partial charge in [0.15, 0.2) is 10.9 Å². The highest BCUT2D eigenvalue weighted by atomic mass is 32.1. The summed E-state index contributed by atoms with van der Waals surface area (Å²) in [5.41, 5.74) is 0.902. The van der Waals surface area contributed by atoms with Gasteiger partial charge in [0, 0.05) is 24.3 Å². The smallest absolute Gasteiger partial charge is 0.245 e. The molecule has 3 aromatic heterocycles. The summed E-state index contributed by atoms with van der Waals surface area (Å²) in [7, 11) is 0. The topological polar surface area (TPSA) is 78.6 Å². The molecular formula is C14H16N6OS. The van der Waals surface area contributed by atoms with E-state index in [-0.39, 0.29) is 12.6 Å². The number of nitrogens with zero attached hydrogens (tertiary/aromatic N) is 5. The summed E-state index contributed by atoms with van der Waals surface area (Å²) in [6, 6.07) is 4.00. The molecule has 8 heteroatoms. The molecule has 0 radical (unpaired) electrons. The van der Waals surface area contributed by atoms with Crippen LogP contribution in [-0.4, -0.2) is 43.9 Å². The molecule has 1 atom stereocenters. The lowest BCUT2D eigenvalue weighted by molar-refractivity contribution is 0.265. The second kappa shape index (κ2) is 5.54. The summed E-state index contributed by atoms with van der Waals surface area (Å²) >= 11 is 1.53. The standard InChI is InChI=1S/C14H16N6OS/c21-9-10-3-1-6-19(10)13-16-12(17-14-15-5-8-22-14)11-4-2-7-20(11)18-13/h2,4-5,7-8,10,21H,1,3,6,9H2,(H,15,16,17,18). The first-order valence-corrected chi connectivity index (χ1v) is 8.12. The van der Waals surface area contributed by atoms with E-state index in [0.29, 0.717) is 5.95 Å². The van der Waals surface area contributed by atoms with E-state index >= 15 is 0 Å². The van der Waals surface area contributed by atoms with E-state index in [2.05, 4.69) is 25.3 Å². The first-order valence-electron chi connectivity index (χ1n) is 7.24. The lowest BCUT2D eigenvalue weighted by Crippen LogP contribution is -2.34. The molecule has 1 saturated heterocycles. The third kappa shape index (κ3) is 2.30. The van der Waals surface area contributed by atoms with Crippen LogP contribution in [0.25, 0.3) is 5.52 Å². The van der Waals surface area contributed by atoms with Crippen LogP contribution in [0.2, 0.25) is 0 Å². The average molecular weight is 316 g/mol. The van der Waals surface area contributed by atoms with Gasteiger partial charge in [-0.3, -0.25) is 0 Å². The Balaban J connectivity index is 1.76. The summed E-state index contributed by atoms with van der Waals surface area (Å²) in [5.74, 6) is 1.37. The minimum absolute atomic E-state index is 0.0979. The molecule has 4 heterocycles. The van der Waals surface area contributed by atoms with Gasteiger partial charge in [-0.2, -0.15) is 4.98 Å². The van der Waals surface area contributed by atoms with Gasteiger partial charge in [-0.15, -0.1) is 16.4 Å². The molecule has 0 amide bonds. The van der Waals surface area contributed by atoms with Gasteiger partial charge in [-0.1, -0.05) is 0 Å². The molecule has 0 saturated carbocycles. The van der Waals surface area contributed by atoms with Crippen LogP contribution in [0.5, 0.6) is 0 Å². The molecule has 3 aromatic rings. The van der Waals surface area contributed by atoms with Crippen molar-refractivity contribution < 1.29 is 5.11 Å². The van der Waals surface area contributed by atoms with E-state index in [4.69, 9.17) is 0 Å². The van der Waals surface area contributed by atoms with Gasteiger partial charge in [-0.05, 0) is 25.0 Å². The number of nitrogens with one attached hydrogen (secondary N) is 1. The predicted octanol–water partition coefficient (Wildman–Crippen LogP) is 1.89. The van der Waals surface area contributed by atoms with Crippen molar-refractivity contribution in [3.63, 3.8) is 0 Å². The van der Waals surface area contributed by atoms with Gasteiger partial charge < -0.3 is 15.3 Å². The number of hydrogen-bond donors (Lipinski definition) is 2.